The normalized spacial score (nSPS) is 14.5. The molecule has 0 atom stereocenters. The number of carbonyl (C=O) groups is 1. The van der Waals surface area contributed by atoms with E-state index in [4.69, 9.17) is 21.1 Å². The summed E-state index contributed by atoms with van der Waals surface area (Å²) in [6.07, 6.45) is 0. The molecule has 32 heavy (non-hydrogen) atoms. The van der Waals surface area contributed by atoms with E-state index in [2.05, 4.69) is 9.47 Å². The average Bonchev–Trinajstić information content (AvgIpc) is 3.07. The molecule has 0 unspecified atom stereocenters. The zero-order valence-electron chi connectivity index (χ0n) is 18.2. The van der Waals surface area contributed by atoms with E-state index in [1.807, 2.05) is 31.2 Å². The summed E-state index contributed by atoms with van der Waals surface area (Å²) < 4.78 is 26.7. The van der Waals surface area contributed by atoms with Crippen LogP contribution in [0.2, 0.25) is 5.02 Å². The highest BCUT2D eigenvalue weighted by molar-refractivity contribution is 6.30. The zero-order valence-corrected chi connectivity index (χ0v) is 19.0. The first kappa shape index (κ1) is 22.5. The Bertz CT molecular complexity index is 1090. The van der Waals surface area contributed by atoms with Gasteiger partial charge in [-0.3, -0.25) is 4.90 Å². The van der Waals surface area contributed by atoms with E-state index in [1.165, 1.54) is 12.1 Å². The molecule has 2 heterocycles. The molecule has 0 aliphatic carbocycles. The number of carbonyl (C=O) groups excluding carboxylic acids is 1. The van der Waals surface area contributed by atoms with E-state index in [-0.39, 0.29) is 18.4 Å². The van der Waals surface area contributed by atoms with Gasteiger partial charge in [0.2, 0.25) is 0 Å². The van der Waals surface area contributed by atoms with Gasteiger partial charge in [0, 0.05) is 47.3 Å². The van der Waals surface area contributed by atoms with Crippen molar-refractivity contribution in [2.45, 2.75) is 20.4 Å². The van der Waals surface area contributed by atoms with Crippen LogP contribution < -0.4 is 0 Å². The molecule has 0 spiro atoms. The first-order chi connectivity index (χ1) is 15.5. The van der Waals surface area contributed by atoms with Crippen LogP contribution in [0, 0.1) is 12.7 Å². The molecule has 4 rings (SSSR count). The number of ether oxygens (including phenoxy) is 2. The van der Waals surface area contributed by atoms with Gasteiger partial charge in [0.15, 0.2) is 0 Å². The lowest BCUT2D eigenvalue weighted by molar-refractivity contribution is 0.0335. The second-order valence-electron chi connectivity index (χ2n) is 7.71. The number of esters is 1. The smallest absolute Gasteiger partial charge is 0.340 e. The fraction of sp³-hybridized carbons (Fsp3) is 0.320. The molecule has 0 saturated carbocycles. The summed E-state index contributed by atoms with van der Waals surface area (Å²) >= 11 is 6.13. The van der Waals surface area contributed by atoms with Gasteiger partial charge in [-0.15, -0.1) is 0 Å². The summed E-state index contributed by atoms with van der Waals surface area (Å²) in [6, 6.07) is 13.8. The molecular formula is C25H26ClFN2O3. The Morgan fingerprint density at radius 2 is 1.75 bits per heavy atom. The molecule has 1 aliphatic rings. The molecule has 2 aromatic carbocycles. The number of hydrogen-bond acceptors (Lipinski definition) is 4. The van der Waals surface area contributed by atoms with Gasteiger partial charge >= 0.3 is 5.97 Å². The SMILES string of the molecule is CCOC(=O)c1c(-c2ccc(F)cc2)c(CN2CCOCC2)n(-c2ccc(Cl)cc2)c1C. The molecular weight excluding hydrogens is 431 g/mol. The average molecular weight is 457 g/mol. The van der Waals surface area contributed by atoms with Crippen molar-refractivity contribution in [3.05, 3.63) is 76.3 Å². The maximum absolute atomic E-state index is 13.7. The van der Waals surface area contributed by atoms with E-state index >= 15 is 0 Å². The van der Waals surface area contributed by atoms with Crippen molar-refractivity contribution in [2.24, 2.45) is 0 Å². The van der Waals surface area contributed by atoms with Crippen LogP contribution in [0.15, 0.2) is 48.5 Å². The molecule has 0 radical (unpaired) electrons. The van der Waals surface area contributed by atoms with E-state index < -0.39 is 0 Å². The van der Waals surface area contributed by atoms with Gasteiger partial charge in [-0.1, -0.05) is 23.7 Å². The molecule has 0 bridgehead atoms. The monoisotopic (exact) mass is 456 g/mol. The third-order valence-electron chi connectivity index (χ3n) is 5.68. The summed E-state index contributed by atoms with van der Waals surface area (Å²) in [6.45, 7) is 7.50. The lowest BCUT2D eigenvalue weighted by Crippen LogP contribution is -2.36. The second-order valence-corrected chi connectivity index (χ2v) is 8.15. The van der Waals surface area contributed by atoms with Crippen molar-refractivity contribution in [1.82, 2.24) is 9.47 Å². The Labute approximate surface area is 192 Å². The first-order valence-electron chi connectivity index (χ1n) is 10.7. The molecule has 1 saturated heterocycles. The Hall–Kier alpha value is -2.67. The lowest BCUT2D eigenvalue weighted by atomic mass is 9.99. The van der Waals surface area contributed by atoms with Gasteiger partial charge in [0.25, 0.3) is 0 Å². The molecule has 7 heteroatoms. The van der Waals surface area contributed by atoms with Gasteiger partial charge < -0.3 is 14.0 Å². The van der Waals surface area contributed by atoms with Crippen molar-refractivity contribution in [2.75, 3.05) is 32.9 Å². The van der Waals surface area contributed by atoms with E-state index in [0.29, 0.717) is 30.3 Å². The minimum absolute atomic E-state index is 0.270. The summed E-state index contributed by atoms with van der Waals surface area (Å²) in [4.78, 5) is 15.4. The molecule has 1 aromatic heterocycles. The first-order valence-corrected chi connectivity index (χ1v) is 11.1. The van der Waals surface area contributed by atoms with Crippen molar-refractivity contribution < 1.29 is 18.7 Å². The van der Waals surface area contributed by atoms with Crippen LogP contribution >= 0.6 is 11.6 Å². The highest BCUT2D eigenvalue weighted by Gasteiger charge is 2.29. The van der Waals surface area contributed by atoms with Crippen LogP contribution in [0.5, 0.6) is 0 Å². The minimum atomic E-state index is -0.389. The van der Waals surface area contributed by atoms with Crippen LogP contribution in [0.4, 0.5) is 4.39 Å². The quantitative estimate of drug-likeness (QED) is 0.475. The van der Waals surface area contributed by atoms with Gasteiger partial charge in [0.05, 0.1) is 25.4 Å². The van der Waals surface area contributed by atoms with Gasteiger partial charge in [-0.2, -0.15) is 0 Å². The van der Waals surface area contributed by atoms with Gasteiger partial charge in [-0.25, -0.2) is 9.18 Å². The minimum Gasteiger partial charge on any atom is -0.462 e. The van der Waals surface area contributed by atoms with Crippen molar-refractivity contribution in [3.8, 4) is 16.8 Å². The molecule has 3 aromatic rings. The van der Waals surface area contributed by atoms with Crippen LogP contribution in [0.1, 0.15) is 28.7 Å². The Morgan fingerprint density at radius 3 is 2.38 bits per heavy atom. The summed E-state index contributed by atoms with van der Waals surface area (Å²) in [5.74, 6) is -0.713. The van der Waals surface area contributed by atoms with Gasteiger partial charge in [0.1, 0.15) is 5.82 Å². The van der Waals surface area contributed by atoms with Crippen molar-refractivity contribution in [3.63, 3.8) is 0 Å². The predicted octanol–water partition coefficient (Wildman–Crippen LogP) is 5.25. The van der Waals surface area contributed by atoms with Crippen LogP contribution in [0.3, 0.4) is 0 Å². The number of benzene rings is 2. The lowest BCUT2D eigenvalue weighted by Gasteiger charge is -2.28. The highest BCUT2D eigenvalue weighted by atomic mass is 35.5. The Morgan fingerprint density at radius 1 is 1.09 bits per heavy atom. The molecule has 1 fully saturated rings. The van der Waals surface area contributed by atoms with Gasteiger partial charge in [-0.05, 0) is 55.8 Å². The Kier molecular flexibility index (Phi) is 6.94. The molecule has 168 valence electrons. The maximum Gasteiger partial charge on any atom is 0.340 e. The number of rotatable bonds is 6. The molecule has 1 aliphatic heterocycles. The second kappa shape index (κ2) is 9.86. The number of hydrogen-bond donors (Lipinski definition) is 0. The summed E-state index contributed by atoms with van der Waals surface area (Å²) in [7, 11) is 0. The number of halogens is 2. The van der Waals surface area contributed by atoms with Crippen LogP contribution in [0.25, 0.3) is 16.8 Å². The number of nitrogens with zero attached hydrogens (tertiary/aromatic N) is 2. The van der Waals surface area contributed by atoms with Crippen molar-refractivity contribution in [1.29, 1.82) is 0 Å². The fourth-order valence-corrected chi connectivity index (χ4v) is 4.32. The zero-order chi connectivity index (χ0) is 22.7. The van der Waals surface area contributed by atoms with E-state index in [9.17, 15) is 9.18 Å². The molecule has 5 nitrogen and oxygen atoms in total. The number of aromatic nitrogens is 1. The van der Waals surface area contributed by atoms with E-state index in [1.54, 1.807) is 19.1 Å². The fourth-order valence-electron chi connectivity index (χ4n) is 4.19. The van der Waals surface area contributed by atoms with E-state index in [0.717, 1.165) is 41.3 Å². The number of morpholine rings is 1. The Balaban J connectivity index is 1.96. The molecule has 0 amide bonds. The maximum atomic E-state index is 13.7. The third-order valence-corrected chi connectivity index (χ3v) is 5.93. The predicted molar refractivity (Wildman–Crippen MR) is 123 cm³/mol. The van der Waals surface area contributed by atoms with Crippen LogP contribution in [-0.4, -0.2) is 48.3 Å². The standard InChI is InChI=1S/C25H26ClFN2O3/c1-3-32-25(30)23-17(2)29(21-10-6-19(26)7-11-21)22(16-28-12-14-31-15-13-28)24(23)18-4-8-20(27)9-5-18/h4-11H,3,12-16H2,1-2H3. The summed E-state index contributed by atoms with van der Waals surface area (Å²) in [5, 5.41) is 0.637. The topological polar surface area (TPSA) is 43.7 Å². The molecule has 0 N–H and O–H groups in total. The summed E-state index contributed by atoms with van der Waals surface area (Å²) in [5.41, 5.74) is 4.65. The third kappa shape index (κ3) is 4.58. The van der Waals surface area contributed by atoms with Crippen molar-refractivity contribution >= 4 is 17.6 Å². The highest BCUT2D eigenvalue weighted by Crippen LogP contribution is 2.37. The van der Waals surface area contributed by atoms with Crippen LogP contribution in [-0.2, 0) is 16.0 Å². The largest absolute Gasteiger partial charge is 0.462 e.